The highest BCUT2D eigenvalue weighted by Crippen LogP contribution is 2.12. The minimum Gasteiger partial charge on any atom is -0.545 e. The van der Waals surface area contributed by atoms with E-state index in [9.17, 15) is 19.5 Å². The number of quaternary nitrogens is 1. The maximum Gasteiger partial charge on any atom is 0.306 e. The zero-order chi connectivity index (χ0) is 55.5. The Morgan fingerprint density at radius 3 is 1.13 bits per heavy atom. The highest BCUT2D eigenvalue weighted by Gasteiger charge is 2.22. The van der Waals surface area contributed by atoms with Crippen LogP contribution in [0, 0.1) is 0 Å². The largest absolute Gasteiger partial charge is 0.545 e. The number of carbonyl (C=O) groups excluding carboxylic acids is 3. The number of nitrogens with zero attached hydrogens (tertiary/aromatic N) is 1. The molecular formula is C67H105NO8. The Kier molecular flexibility index (Phi) is 52.4. The Hall–Kier alpha value is -5.09. The van der Waals surface area contributed by atoms with E-state index in [1.54, 1.807) is 0 Å². The number of carbonyl (C=O) groups is 3. The van der Waals surface area contributed by atoms with Crippen LogP contribution in [-0.4, -0.2) is 82.3 Å². The first kappa shape index (κ1) is 70.9. The molecule has 0 aliphatic rings. The van der Waals surface area contributed by atoms with Crippen molar-refractivity contribution in [1.82, 2.24) is 0 Å². The van der Waals surface area contributed by atoms with Crippen molar-refractivity contribution < 1.29 is 42.9 Å². The molecule has 0 amide bonds. The minimum atomic E-state index is -1.64. The van der Waals surface area contributed by atoms with Gasteiger partial charge in [0.1, 0.15) is 13.2 Å². The van der Waals surface area contributed by atoms with Crippen LogP contribution in [0.25, 0.3) is 0 Å². The predicted molar refractivity (Wildman–Crippen MR) is 319 cm³/mol. The Morgan fingerprint density at radius 1 is 0.408 bits per heavy atom. The fraction of sp³-hybridized carbons (Fsp3) is 0.567. The van der Waals surface area contributed by atoms with E-state index >= 15 is 0 Å². The standard InChI is InChI=1S/C67H105NO8/c1-6-8-10-12-14-16-18-20-22-23-24-25-26-27-28-29-30-31-32-33-34-35-36-37-38-39-40-41-42-43-44-46-48-50-52-54-56-58-65(70)76-63(62-75-67(66(71)72)73-60-59-68(3,4)5)61-74-64(69)57-55-53-51-49-47-45-21-19-17-15-13-11-9-7-2/h8,10,13-16,19-22,24-25,27-28,30-31,33-34,36-37,39-40,42-43,46,48,63,67H,6-7,9,11-12,17-18,23,26,29,32,35,38,41,44-45,47,49-62H2,1-5H3/b10-8-,15-13-,16-14-,21-19-,22-20-,25-24-,28-27-,31-30-,34-33-,37-36-,40-39-,43-42-,48-46-. The van der Waals surface area contributed by atoms with Crippen LogP contribution in [0.2, 0.25) is 0 Å². The quantitative estimate of drug-likeness (QED) is 0.0195. The Labute approximate surface area is 464 Å². The first-order valence-corrected chi connectivity index (χ1v) is 29.1. The SMILES string of the molecule is CC/C=C\C/C=C\C/C=C\C/C=C\C/C=C\C/C=C\C/C=C\C/C=C\C/C=C\C/C=C\C/C=C\CCCCCC(=O)OC(COC(=O)CCCCCCC/C=C\C/C=C\CCCC)COC(OCC[N+](C)(C)C)C(=O)[O-]. The van der Waals surface area contributed by atoms with Crippen molar-refractivity contribution in [2.24, 2.45) is 0 Å². The molecule has 76 heavy (non-hydrogen) atoms. The van der Waals surface area contributed by atoms with Gasteiger partial charge in [0.2, 0.25) is 0 Å². The zero-order valence-electron chi connectivity index (χ0n) is 48.3. The summed E-state index contributed by atoms with van der Waals surface area (Å²) < 4.78 is 22.6. The van der Waals surface area contributed by atoms with Crippen molar-refractivity contribution in [3.63, 3.8) is 0 Å². The molecule has 2 atom stereocenters. The molecule has 0 rings (SSSR count). The average Bonchev–Trinajstić information content (AvgIpc) is 3.39. The summed E-state index contributed by atoms with van der Waals surface area (Å²) in [7, 11) is 5.88. The zero-order valence-corrected chi connectivity index (χ0v) is 48.3. The van der Waals surface area contributed by atoms with Crippen LogP contribution in [-0.2, 0) is 33.3 Å². The summed E-state index contributed by atoms with van der Waals surface area (Å²) in [6, 6.07) is 0. The highest BCUT2D eigenvalue weighted by atomic mass is 16.7. The third-order valence-corrected chi connectivity index (χ3v) is 11.5. The number of unbranched alkanes of at least 4 members (excludes halogenated alkanes) is 10. The Balaban J connectivity index is 4.32. The van der Waals surface area contributed by atoms with Crippen molar-refractivity contribution in [3.8, 4) is 0 Å². The number of hydrogen-bond acceptors (Lipinski definition) is 8. The van der Waals surface area contributed by atoms with Crippen molar-refractivity contribution in [3.05, 3.63) is 158 Å². The summed E-state index contributed by atoms with van der Waals surface area (Å²) >= 11 is 0. The lowest BCUT2D eigenvalue weighted by molar-refractivity contribution is -0.870. The number of rotatable bonds is 51. The van der Waals surface area contributed by atoms with Gasteiger partial charge in [0.05, 0.1) is 40.3 Å². The minimum absolute atomic E-state index is 0.129. The first-order chi connectivity index (χ1) is 37.1. The van der Waals surface area contributed by atoms with Gasteiger partial charge in [-0.1, -0.05) is 210 Å². The summed E-state index contributed by atoms with van der Waals surface area (Å²) in [5.41, 5.74) is 0. The maximum absolute atomic E-state index is 12.8. The van der Waals surface area contributed by atoms with Crippen LogP contribution in [0.4, 0.5) is 0 Å². The molecule has 0 saturated carbocycles. The van der Waals surface area contributed by atoms with Crippen molar-refractivity contribution in [1.29, 1.82) is 0 Å². The average molecular weight is 1050 g/mol. The van der Waals surface area contributed by atoms with Crippen LogP contribution in [0.15, 0.2) is 158 Å². The van der Waals surface area contributed by atoms with Gasteiger partial charge in [-0.3, -0.25) is 9.59 Å². The molecule has 426 valence electrons. The fourth-order valence-electron chi connectivity index (χ4n) is 7.03. The van der Waals surface area contributed by atoms with Crippen LogP contribution in [0.3, 0.4) is 0 Å². The number of allylic oxidation sites excluding steroid dienone is 26. The van der Waals surface area contributed by atoms with Crippen LogP contribution >= 0.6 is 0 Å². The van der Waals surface area contributed by atoms with Crippen molar-refractivity contribution in [2.75, 3.05) is 47.5 Å². The lowest BCUT2D eigenvalue weighted by atomic mass is 10.1. The predicted octanol–water partition coefficient (Wildman–Crippen LogP) is 16.1. The number of carboxylic acids is 1. The molecule has 9 nitrogen and oxygen atoms in total. The van der Waals surface area contributed by atoms with E-state index in [1.165, 1.54) is 12.8 Å². The van der Waals surface area contributed by atoms with Crippen molar-refractivity contribution in [2.45, 2.75) is 200 Å². The second-order valence-electron chi connectivity index (χ2n) is 19.8. The molecule has 0 aliphatic carbocycles. The van der Waals surface area contributed by atoms with Gasteiger partial charge >= 0.3 is 11.9 Å². The van der Waals surface area contributed by atoms with Gasteiger partial charge in [0, 0.05) is 12.8 Å². The molecule has 0 N–H and O–H groups in total. The van der Waals surface area contributed by atoms with E-state index in [4.69, 9.17) is 18.9 Å². The molecule has 2 unspecified atom stereocenters. The number of carboxylic acid groups (broad SMARTS) is 1. The van der Waals surface area contributed by atoms with Gasteiger partial charge in [-0.05, 0) is 122 Å². The molecule has 0 radical (unpaired) electrons. The number of hydrogen-bond donors (Lipinski definition) is 0. The Bertz CT molecular complexity index is 1800. The lowest BCUT2D eigenvalue weighted by Gasteiger charge is -2.26. The molecule has 0 heterocycles. The maximum atomic E-state index is 12.8. The normalized spacial score (nSPS) is 14.0. The molecule has 0 aliphatic heterocycles. The highest BCUT2D eigenvalue weighted by molar-refractivity contribution is 5.70. The molecular weight excluding hydrogens is 947 g/mol. The number of likely N-dealkylation sites (N-methyl/N-ethyl adjacent to an activating group) is 1. The van der Waals surface area contributed by atoms with Gasteiger partial charge in [-0.2, -0.15) is 0 Å². The van der Waals surface area contributed by atoms with Gasteiger partial charge in [0.15, 0.2) is 12.4 Å². The van der Waals surface area contributed by atoms with E-state index in [-0.39, 0.29) is 38.6 Å². The number of ether oxygens (including phenoxy) is 4. The second-order valence-corrected chi connectivity index (χ2v) is 19.8. The molecule has 0 saturated heterocycles. The monoisotopic (exact) mass is 1050 g/mol. The van der Waals surface area contributed by atoms with E-state index in [0.717, 1.165) is 135 Å². The van der Waals surface area contributed by atoms with E-state index in [0.29, 0.717) is 23.9 Å². The number of esters is 2. The van der Waals surface area contributed by atoms with Gasteiger partial charge in [0.25, 0.3) is 0 Å². The van der Waals surface area contributed by atoms with E-state index in [2.05, 4.69) is 172 Å². The summed E-state index contributed by atoms with van der Waals surface area (Å²) in [5.74, 6) is -2.37. The second kappa shape index (κ2) is 56.1. The fourth-order valence-corrected chi connectivity index (χ4v) is 7.03. The Morgan fingerprint density at radius 2 is 0.750 bits per heavy atom. The number of aliphatic carboxylic acids is 1. The molecule has 0 fully saturated rings. The molecule has 0 aromatic rings. The van der Waals surface area contributed by atoms with E-state index < -0.39 is 24.3 Å². The van der Waals surface area contributed by atoms with E-state index in [1.807, 2.05) is 21.1 Å². The van der Waals surface area contributed by atoms with Crippen LogP contribution in [0.5, 0.6) is 0 Å². The first-order valence-electron chi connectivity index (χ1n) is 29.1. The molecule has 0 spiro atoms. The topological polar surface area (TPSA) is 111 Å². The molecule has 0 aromatic carbocycles. The van der Waals surface area contributed by atoms with Crippen LogP contribution < -0.4 is 5.11 Å². The van der Waals surface area contributed by atoms with Crippen LogP contribution in [0.1, 0.15) is 187 Å². The summed E-state index contributed by atoms with van der Waals surface area (Å²) in [5, 5.41) is 11.8. The third kappa shape index (κ3) is 56.6. The summed E-state index contributed by atoms with van der Waals surface area (Å²) in [6.07, 6.45) is 80.1. The smallest absolute Gasteiger partial charge is 0.306 e. The third-order valence-electron chi connectivity index (χ3n) is 11.5. The van der Waals surface area contributed by atoms with Gasteiger partial charge < -0.3 is 33.3 Å². The van der Waals surface area contributed by atoms with Gasteiger partial charge in [-0.15, -0.1) is 0 Å². The molecule has 0 aromatic heterocycles. The van der Waals surface area contributed by atoms with Crippen molar-refractivity contribution >= 4 is 17.9 Å². The lowest BCUT2D eigenvalue weighted by Crippen LogP contribution is -2.44. The molecule has 9 heteroatoms. The van der Waals surface area contributed by atoms with Gasteiger partial charge in [-0.25, -0.2) is 0 Å². The molecule has 0 bridgehead atoms. The summed E-state index contributed by atoms with van der Waals surface area (Å²) in [6.45, 7) is 4.50. The summed E-state index contributed by atoms with van der Waals surface area (Å²) in [4.78, 5) is 37.2.